The van der Waals surface area contributed by atoms with Crippen LogP contribution in [0.5, 0.6) is 0 Å². The summed E-state index contributed by atoms with van der Waals surface area (Å²) >= 11 is 0. The molecule has 0 aromatic carbocycles. The van der Waals surface area contributed by atoms with Gasteiger partial charge in [0.1, 0.15) is 6.54 Å². The third kappa shape index (κ3) is 18.2. The first-order valence-corrected chi connectivity index (χ1v) is 7.15. The van der Waals surface area contributed by atoms with Crippen LogP contribution in [0.15, 0.2) is 0 Å². The van der Waals surface area contributed by atoms with Crippen molar-refractivity contribution in [2.24, 2.45) is 0 Å². The molecule has 1 amide bonds. The zero-order valence-electron chi connectivity index (χ0n) is 12.2. The number of rotatable bonds is 12. The SMILES string of the molecule is CCCCCCCCCCCC(=O)NCC(=O)O.[Ca]. The minimum atomic E-state index is -0.990. The number of unbranched alkanes of at least 4 members (excludes halogenated alkanes) is 8. The second-order valence-electron chi connectivity index (χ2n) is 4.75. The fraction of sp³-hybridized carbons (Fsp3) is 0.857. The Labute approximate surface area is 146 Å². The van der Waals surface area contributed by atoms with Gasteiger partial charge in [0.25, 0.3) is 0 Å². The molecule has 0 aromatic heterocycles. The van der Waals surface area contributed by atoms with Crippen LogP contribution in [0.1, 0.15) is 71.1 Å². The third-order valence-electron chi connectivity index (χ3n) is 2.94. The van der Waals surface area contributed by atoms with Gasteiger partial charge < -0.3 is 10.4 Å². The van der Waals surface area contributed by atoms with E-state index in [-0.39, 0.29) is 50.2 Å². The maximum absolute atomic E-state index is 11.2. The van der Waals surface area contributed by atoms with E-state index in [0.717, 1.165) is 12.8 Å². The van der Waals surface area contributed by atoms with Crippen molar-refractivity contribution < 1.29 is 14.7 Å². The van der Waals surface area contributed by atoms with Crippen LogP contribution in [0.4, 0.5) is 0 Å². The summed E-state index contributed by atoms with van der Waals surface area (Å²) in [6.45, 7) is 1.95. The number of carbonyl (C=O) groups excluding carboxylic acids is 1. The fourth-order valence-electron chi connectivity index (χ4n) is 1.86. The molecule has 108 valence electrons. The molecule has 2 radical (unpaired) electrons. The zero-order chi connectivity index (χ0) is 13.6. The first-order valence-electron chi connectivity index (χ1n) is 7.15. The van der Waals surface area contributed by atoms with Crippen LogP contribution in [-0.2, 0) is 9.59 Å². The summed E-state index contributed by atoms with van der Waals surface area (Å²) in [7, 11) is 0. The maximum atomic E-state index is 11.2. The van der Waals surface area contributed by atoms with Crippen LogP contribution in [0.25, 0.3) is 0 Å². The molecule has 0 bridgehead atoms. The Balaban J connectivity index is 0. The molecule has 5 heteroatoms. The van der Waals surface area contributed by atoms with Crippen LogP contribution in [0, 0.1) is 0 Å². The standard InChI is InChI=1S/C14H27NO3.Ca/c1-2-3-4-5-6-7-8-9-10-11-13(16)15-12-14(17)18;/h2-12H2,1H3,(H,15,16)(H,17,18);. The first kappa shape index (κ1) is 21.5. The van der Waals surface area contributed by atoms with Gasteiger partial charge in [-0.05, 0) is 6.42 Å². The van der Waals surface area contributed by atoms with Gasteiger partial charge in [0.2, 0.25) is 5.91 Å². The second kappa shape index (κ2) is 16.3. The molecule has 0 unspecified atom stereocenters. The van der Waals surface area contributed by atoms with Crippen molar-refractivity contribution in [3.8, 4) is 0 Å². The van der Waals surface area contributed by atoms with Gasteiger partial charge in [0.15, 0.2) is 0 Å². The molecule has 0 rings (SSSR count). The Hall–Kier alpha value is 0.200. The van der Waals surface area contributed by atoms with Crippen molar-refractivity contribution in [3.63, 3.8) is 0 Å². The predicted octanol–water partition coefficient (Wildman–Crippen LogP) is 2.73. The molecule has 0 aliphatic heterocycles. The fourth-order valence-corrected chi connectivity index (χ4v) is 1.86. The van der Waals surface area contributed by atoms with Crippen LogP contribution in [0.2, 0.25) is 0 Å². The zero-order valence-corrected chi connectivity index (χ0v) is 14.5. The Bertz CT molecular complexity index is 235. The molecule has 19 heavy (non-hydrogen) atoms. The van der Waals surface area contributed by atoms with Crippen molar-refractivity contribution in [1.29, 1.82) is 0 Å². The van der Waals surface area contributed by atoms with E-state index in [0.29, 0.717) is 6.42 Å². The van der Waals surface area contributed by atoms with E-state index in [9.17, 15) is 9.59 Å². The van der Waals surface area contributed by atoms with Gasteiger partial charge in [-0.25, -0.2) is 0 Å². The number of hydrogen-bond acceptors (Lipinski definition) is 2. The second-order valence-corrected chi connectivity index (χ2v) is 4.75. The van der Waals surface area contributed by atoms with E-state index < -0.39 is 5.97 Å². The molecular formula is C14H27CaNO3. The number of carbonyl (C=O) groups is 2. The Kier molecular flexibility index (Phi) is 18.4. The predicted molar refractivity (Wildman–Crippen MR) is 78.2 cm³/mol. The number of hydrogen-bond donors (Lipinski definition) is 2. The molecule has 0 fully saturated rings. The molecule has 0 aliphatic rings. The Morgan fingerprint density at radius 1 is 0.895 bits per heavy atom. The van der Waals surface area contributed by atoms with Crippen molar-refractivity contribution in [1.82, 2.24) is 5.32 Å². The average molecular weight is 297 g/mol. The van der Waals surface area contributed by atoms with E-state index in [1.54, 1.807) is 0 Å². The molecule has 0 spiro atoms. The molecule has 0 aromatic rings. The van der Waals surface area contributed by atoms with Crippen molar-refractivity contribution >= 4 is 49.6 Å². The van der Waals surface area contributed by atoms with E-state index in [4.69, 9.17) is 5.11 Å². The molecule has 0 saturated carbocycles. The summed E-state index contributed by atoms with van der Waals surface area (Å²) in [5.74, 6) is -1.14. The largest absolute Gasteiger partial charge is 0.480 e. The summed E-state index contributed by atoms with van der Waals surface area (Å²) in [6, 6.07) is 0. The normalized spacial score (nSPS) is 9.74. The van der Waals surface area contributed by atoms with Crippen molar-refractivity contribution in [3.05, 3.63) is 0 Å². The number of carboxylic acids is 1. The van der Waals surface area contributed by atoms with Gasteiger partial charge in [0.05, 0.1) is 0 Å². The minimum absolute atomic E-state index is 0. The van der Waals surface area contributed by atoms with Crippen LogP contribution in [0.3, 0.4) is 0 Å². The number of amides is 1. The summed E-state index contributed by atoms with van der Waals surface area (Å²) in [4.78, 5) is 21.4. The van der Waals surface area contributed by atoms with Gasteiger partial charge in [0, 0.05) is 44.2 Å². The maximum Gasteiger partial charge on any atom is 0.322 e. The quantitative estimate of drug-likeness (QED) is 0.430. The van der Waals surface area contributed by atoms with E-state index >= 15 is 0 Å². The Morgan fingerprint density at radius 3 is 1.84 bits per heavy atom. The van der Waals surface area contributed by atoms with Crippen LogP contribution >= 0.6 is 0 Å². The topological polar surface area (TPSA) is 66.4 Å². The van der Waals surface area contributed by atoms with Crippen molar-refractivity contribution in [2.75, 3.05) is 6.54 Å². The number of nitrogens with one attached hydrogen (secondary N) is 1. The van der Waals surface area contributed by atoms with Gasteiger partial charge in [-0.3, -0.25) is 9.59 Å². The van der Waals surface area contributed by atoms with E-state index in [1.165, 1.54) is 44.9 Å². The summed E-state index contributed by atoms with van der Waals surface area (Å²) in [6.07, 6.45) is 11.4. The molecule has 0 atom stereocenters. The van der Waals surface area contributed by atoms with Gasteiger partial charge in [-0.2, -0.15) is 0 Å². The van der Waals surface area contributed by atoms with Gasteiger partial charge in [-0.15, -0.1) is 0 Å². The summed E-state index contributed by atoms with van der Waals surface area (Å²) < 4.78 is 0. The molecule has 0 heterocycles. The molecule has 4 nitrogen and oxygen atoms in total. The average Bonchev–Trinajstić information content (AvgIpc) is 2.34. The monoisotopic (exact) mass is 297 g/mol. The van der Waals surface area contributed by atoms with Crippen LogP contribution in [-0.4, -0.2) is 61.3 Å². The number of carboxylic acid groups (broad SMARTS) is 1. The first-order chi connectivity index (χ1) is 8.66. The third-order valence-corrected chi connectivity index (χ3v) is 2.94. The molecular weight excluding hydrogens is 270 g/mol. The van der Waals surface area contributed by atoms with E-state index in [2.05, 4.69) is 12.2 Å². The van der Waals surface area contributed by atoms with Crippen molar-refractivity contribution in [2.45, 2.75) is 71.1 Å². The Morgan fingerprint density at radius 2 is 1.37 bits per heavy atom. The van der Waals surface area contributed by atoms with Gasteiger partial charge in [-0.1, -0.05) is 58.3 Å². The number of aliphatic carboxylic acids is 1. The van der Waals surface area contributed by atoms with Crippen LogP contribution < -0.4 is 5.32 Å². The summed E-state index contributed by atoms with van der Waals surface area (Å²) in [5, 5.41) is 10.7. The smallest absolute Gasteiger partial charge is 0.322 e. The molecule has 2 N–H and O–H groups in total. The molecule has 0 saturated heterocycles. The van der Waals surface area contributed by atoms with E-state index in [1.807, 2.05) is 0 Å². The summed E-state index contributed by atoms with van der Waals surface area (Å²) in [5.41, 5.74) is 0. The molecule has 0 aliphatic carbocycles. The minimum Gasteiger partial charge on any atom is -0.480 e. The van der Waals surface area contributed by atoms with Gasteiger partial charge >= 0.3 is 5.97 Å².